The second kappa shape index (κ2) is 18.1. The zero-order valence-corrected chi connectivity index (χ0v) is 19.5. The highest BCUT2D eigenvalue weighted by atomic mass is 16.5. The molecule has 2 aromatic rings. The SMILES string of the molecule is CC(C)CC(=O)OCc1ccccc1.CCOC(=O)CC(C)C.OCc1ccccc1. The minimum atomic E-state index is -0.121. The van der Waals surface area contributed by atoms with Crippen LogP contribution < -0.4 is 0 Å². The lowest BCUT2D eigenvalue weighted by Gasteiger charge is -2.06. The normalized spacial score (nSPS) is 9.81. The first kappa shape index (κ1) is 28.3. The van der Waals surface area contributed by atoms with Gasteiger partial charge in [-0.1, -0.05) is 88.4 Å². The molecule has 0 radical (unpaired) electrons. The molecule has 0 saturated carbocycles. The Morgan fingerprint density at radius 3 is 1.52 bits per heavy atom. The Labute approximate surface area is 187 Å². The Morgan fingerprint density at radius 2 is 1.16 bits per heavy atom. The van der Waals surface area contributed by atoms with Gasteiger partial charge in [-0.3, -0.25) is 9.59 Å². The largest absolute Gasteiger partial charge is 0.466 e. The van der Waals surface area contributed by atoms with Crippen LogP contribution >= 0.6 is 0 Å². The summed E-state index contributed by atoms with van der Waals surface area (Å²) < 4.78 is 9.81. The highest BCUT2D eigenvalue weighted by molar-refractivity contribution is 5.69. The van der Waals surface area contributed by atoms with Gasteiger partial charge in [0.05, 0.1) is 13.2 Å². The summed E-state index contributed by atoms with van der Waals surface area (Å²) >= 11 is 0. The van der Waals surface area contributed by atoms with E-state index in [0.717, 1.165) is 11.1 Å². The fourth-order valence-corrected chi connectivity index (χ4v) is 2.27. The van der Waals surface area contributed by atoms with Crippen LogP contribution in [-0.2, 0) is 32.3 Å². The van der Waals surface area contributed by atoms with Gasteiger partial charge in [-0.05, 0) is 29.9 Å². The van der Waals surface area contributed by atoms with Crippen molar-refractivity contribution in [1.82, 2.24) is 0 Å². The number of aliphatic hydroxyl groups is 1. The lowest BCUT2D eigenvalue weighted by atomic mass is 10.1. The van der Waals surface area contributed by atoms with Gasteiger partial charge in [-0.15, -0.1) is 0 Å². The lowest BCUT2D eigenvalue weighted by Crippen LogP contribution is -2.07. The van der Waals surface area contributed by atoms with Gasteiger partial charge in [0.1, 0.15) is 6.61 Å². The van der Waals surface area contributed by atoms with Gasteiger partial charge in [0.25, 0.3) is 0 Å². The zero-order valence-electron chi connectivity index (χ0n) is 19.5. The number of rotatable bonds is 8. The van der Waals surface area contributed by atoms with E-state index < -0.39 is 0 Å². The Bertz CT molecular complexity index is 696. The first-order valence-electron chi connectivity index (χ1n) is 10.8. The second-order valence-corrected chi connectivity index (χ2v) is 7.79. The molecule has 0 amide bonds. The molecule has 172 valence electrons. The van der Waals surface area contributed by atoms with Crippen molar-refractivity contribution < 1.29 is 24.2 Å². The number of aliphatic hydroxyl groups excluding tert-OH is 1. The molecule has 5 heteroatoms. The van der Waals surface area contributed by atoms with Crippen LogP contribution in [0.25, 0.3) is 0 Å². The maximum absolute atomic E-state index is 11.2. The van der Waals surface area contributed by atoms with Crippen LogP contribution in [-0.4, -0.2) is 23.7 Å². The van der Waals surface area contributed by atoms with Gasteiger partial charge in [0.15, 0.2) is 0 Å². The smallest absolute Gasteiger partial charge is 0.306 e. The van der Waals surface area contributed by atoms with Crippen LogP contribution in [0.15, 0.2) is 60.7 Å². The Balaban J connectivity index is 0.000000460. The number of benzene rings is 2. The molecule has 0 saturated heterocycles. The molecular formula is C26H38O5. The van der Waals surface area contributed by atoms with Crippen molar-refractivity contribution >= 4 is 11.9 Å². The molecule has 0 unspecified atom stereocenters. The summed E-state index contributed by atoms with van der Waals surface area (Å²) in [7, 11) is 0. The third-order valence-electron chi connectivity index (χ3n) is 3.72. The summed E-state index contributed by atoms with van der Waals surface area (Å²) in [6.45, 7) is 10.8. The van der Waals surface area contributed by atoms with Gasteiger partial charge < -0.3 is 14.6 Å². The standard InChI is InChI=1S/C12H16O2.C7H14O2.C7H8O/c1-10(2)8-12(13)14-9-11-6-4-3-5-7-11;1-4-9-7(8)5-6(2)3;8-6-7-4-2-1-3-5-7/h3-7,10H,8-9H2,1-2H3;6H,4-5H2,1-3H3;1-5,8H,6H2. The number of carbonyl (C=O) groups is 2. The third kappa shape index (κ3) is 17.9. The summed E-state index contributed by atoms with van der Waals surface area (Å²) in [4.78, 5) is 21.8. The monoisotopic (exact) mass is 430 g/mol. The molecule has 0 atom stereocenters. The van der Waals surface area contributed by atoms with E-state index in [4.69, 9.17) is 14.6 Å². The Hall–Kier alpha value is -2.66. The molecule has 0 aliphatic heterocycles. The first-order chi connectivity index (χ1) is 14.8. The summed E-state index contributed by atoms with van der Waals surface area (Å²) in [5.41, 5.74) is 2.00. The van der Waals surface area contributed by atoms with E-state index >= 15 is 0 Å². The van der Waals surface area contributed by atoms with Crippen molar-refractivity contribution in [2.45, 2.75) is 60.7 Å². The van der Waals surface area contributed by atoms with E-state index in [1.165, 1.54) is 0 Å². The van der Waals surface area contributed by atoms with Crippen LogP contribution in [0.1, 0.15) is 58.6 Å². The molecule has 1 N–H and O–H groups in total. The van der Waals surface area contributed by atoms with Crippen LogP contribution in [0.4, 0.5) is 0 Å². The van der Waals surface area contributed by atoms with Crippen molar-refractivity contribution in [2.24, 2.45) is 11.8 Å². The molecular weight excluding hydrogens is 392 g/mol. The molecule has 5 nitrogen and oxygen atoms in total. The third-order valence-corrected chi connectivity index (χ3v) is 3.72. The fraction of sp³-hybridized carbons (Fsp3) is 0.462. The molecule has 0 bridgehead atoms. The van der Waals surface area contributed by atoms with E-state index in [-0.39, 0.29) is 18.5 Å². The van der Waals surface area contributed by atoms with Crippen molar-refractivity contribution in [2.75, 3.05) is 6.61 Å². The van der Waals surface area contributed by atoms with Gasteiger partial charge in [-0.25, -0.2) is 0 Å². The van der Waals surface area contributed by atoms with Crippen molar-refractivity contribution in [3.05, 3.63) is 71.8 Å². The summed E-state index contributed by atoms with van der Waals surface area (Å²) in [6.07, 6.45) is 1.03. The highest BCUT2D eigenvalue weighted by Gasteiger charge is 2.05. The maximum atomic E-state index is 11.2. The number of hydrogen-bond donors (Lipinski definition) is 1. The van der Waals surface area contributed by atoms with E-state index in [9.17, 15) is 9.59 Å². The Morgan fingerprint density at radius 1 is 0.742 bits per heavy atom. The van der Waals surface area contributed by atoms with Gasteiger partial charge in [0, 0.05) is 12.8 Å². The highest BCUT2D eigenvalue weighted by Crippen LogP contribution is 2.05. The van der Waals surface area contributed by atoms with Gasteiger partial charge in [-0.2, -0.15) is 0 Å². The summed E-state index contributed by atoms with van der Waals surface area (Å²) in [5, 5.41) is 8.54. The van der Waals surface area contributed by atoms with Gasteiger partial charge >= 0.3 is 11.9 Å². The molecule has 0 aliphatic carbocycles. The minimum Gasteiger partial charge on any atom is -0.466 e. The molecule has 0 spiro atoms. The predicted molar refractivity (Wildman–Crippen MR) is 124 cm³/mol. The number of hydrogen-bond acceptors (Lipinski definition) is 5. The van der Waals surface area contributed by atoms with Gasteiger partial charge in [0.2, 0.25) is 0 Å². The van der Waals surface area contributed by atoms with Crippen molar-refractivity contribution in [1.29, 1.82) is 0 Å². The molecule has 0 aromatic heterocycles. The lowest BCUT2D eigenvalue weighted by molar-refractivity contribution is -0.146. The zero-order chi connectivity index (χ0) is 23.5. The number of esters is 2. The number of ether oxygens (including phenoxy) is 2. The van der Waals surface area contributed by atoms with Crippen molar-refractivity contribution in [3.63, 3.8) is 0 Å². The number of carbonyl (C=O) groups excluding carboxylic acids is 2. The van der Waals surface area contributed by atoms with Crippen LogP contribution in [0.2, 0.25) is 0 Å². The van der Waals surface area contributed by atoms with Crippen LogP contribution in [0.5, 0.6) is 0 Å². The van der Waals surface area contributed by atoms with E-state index in [0.29, 0.717) is 37.9 Å². The first-order valence-corrected chi connectivity index (χ1v) is 10.8. The Kier molecular flexibility index (Phi) is 16.6. The average Bonchev–Trinajstić information content (AvgIpc) is 2.74. The quantitative estimate of drug-likeness (QED) is 0.556. The van der Waals surface area contributed by atoms with Crippen LogP contribution in [0.3, 0.4) is 0 Å². The average molecular weight is 431 g/mol. The topological polar surface area (TPSA) is 72.8 Å². The second-order valence-electron chi connectivity index (χ2n) is 7.79. The minimum absolute atomic E-state index is 0.0903. The molecule has 2 rings (SSSR count). The summed E-state index contributed by atoms with van der Waals surface area (Å²) in [5.74, 6) is 0.554. The molecule has 0 fully saturated rings. The van der Waals surface area contributed by atoms with Crippen LogP contribution in [0, 0.1) is 11.8 Å². The fourth-order valence-electron chi connectivity index (χ4n) is 2.27. The molecule has 31 heavy (non-hydrogen) atoms. The predicted octanol–water partition coefficient (Wildman–Crippen LogP) is 5.55. The van der Waals surface area contributed by atoms with Crippen molar-refractivity contribution in [3.8, 4) is 0 Å². The maximum Gasteiger partial charge on any atom is 0.306 e. The molecule has 2 aromatic carbocycles. The molecule has 0 aliphatic rings. The van der Waals surface area contributed by atoms with E-state index in [2.05, 4.69) is 0 Å². The van der Waals surface area contributed by atoms with E-state index in [1.807, 2.05) is 95.3 Å². The van der Waals surface area contributed by atoms with E-state index in [1.54, 1.807) is 0 Å². The summed E-state index contributed by atoms with van der Waals surface area (Å²) in [6, 6.07) is 19.2. The molecule has 0 heterocycles.